The third kappa shape index (κ3) is 4.78. The fraction of sp³-hybridized carbons (Fsp3) is 0.111. The Labute approximate surface area is 194 Å². The third-order valence-corrected chi connectivity index (χ3v) is 5.56. The molecular weight excluding hydrogens is 441 g/mol. The number of fused-ring (bicyclic) bond motifs is 1. The molecule has 4 rings (SSSR count). The van der Waals surface area contributed by atoms with Crippen LogP contribution in [-0.4, -0.2) is 21.3 Å². The smallest absolute Gasteiger partial charge is 0.417 e. The van der Waals surface area contributed by atoms with Crippen LogP contribution >= 0.6 is 0 Å². The van der Waals surface area contributed by atoms with E-state index >= 15 is 0 Å². The number of nitrogens with zero attached hydrogens (tertiary/aromatic N) is 1. The number of H-pyrrole nitrogens is 1. The van der Waals surface area contributed by atoms with E-state index in [0.29, 0.717) is 23.6 Å². The number of hydrogen-bond acceptors (Lipinski definition) is 2. The monoisotopic (exact) mass is 462 g/mol. The molecule has 3 aromatic carbocycles. The molecule has 34 heavy (non-hydrogen) atoms. The topological polar surface area (TPSA) is 66.0 Å². The number of carbonyl (C=O) groups is 1. The second-order valence-electron chi connectivity index (χ2n) is 7.72. The molecule has 0 aliphatic heterocycles. The zero-order chi connectivity index (χ0) is 24.3. The molecule has 4 aromatic rings. The molecular formula is C27H21F3N2O2. The highest BCUT2D eigenvalue weighted by Gasteiger charge is 2.33. The van der Waals surface area contributed by atoms with E-state index in [1.54, 1.807) is 12.3 Å². The molecule has 0 saturated carbocycles. The second-order valence-corrected chi connectivity index (χ2v) is 7.72. The summed E-state index contributed by atoms with van der Waals surface area (Å²) in [4.78, 5) is 10.9. The van der Waals surface area contributed by atoms with Crippen LogP contribution in [0.2, 0.25) is 0 Å². The predicted octanol–water partition coefficient (Wildman–Crippen LogP) is 7.05. The van der Waals surface area contributed by atoms with E-state index in [4.69, 9.17) is 5.11 Å². The van der Waals surface area contributed by atoms with E-state index in [9.17, 15) is 18.0 Å². The van der Waals surface area contributed by atoms with Gasteiger partial charge in [0.15, 0.2) is 0 Å². The summed E-state index contributed by atoms with van der Waals surface area (Å²) in [6.07, 6.45) is -0.730. The van der Waals surface area contributed by atoms with Gasteiger partial charge < -0.3 is 5.11 Å². The van der Waals surface area contributed by atoms with Gasteiger partial charge in [-0.15, -0.1) is 0 Å². The SMILES string of the molecule is CC/C(=C(/c1ccc(/C=C/C(=O)O)c(C(F)(F)F)c1)c1ccc2[nH]ncc2c1)c1ccccc1. The second kappa shape index (κ2) is 9.39. The summed E-state index contributed by atoms with van der Waals surface area (Å²) in [5, 5.41) is 16.7. The summed E-state index contributed by atoms with van der Waals surface area (Å²) in [5.74, 6) is -1.32. The van der Waals surface area contributed by atoms with Gasteiger partial charge in [0.1, 0.15) is 0 Å². The van der Waals surface area contributed by atoms with Crippen molar-refractivity contribution in [2.75, 3.05) is 0 Å². The maximum Gasteiger partial charge on any atom is 0.417 e. The average Bonchev–Trinajstić information content (AvgIpc) is 3.29. The minimum absolute atomic E-state index is 0.207. The minimum atomic E-state index is -4.66. The molecule has 0 bridgehead atoms. The first-order valence-corrected chi connectivity index (χ1v) is 10.6. The molecule has 4 nitrogen and oxygen atoms in total. The summed E-state index contributed by atoms with van der Waals surface area (Å²) in [6, 6.07) is 19.2. The normalized spacial score (nSPS) is 12.8. The van der Waals surface area contributed by atoms with Gasteiger partial charge in [0, 0.05) is 11.5 Å². The van der Waals surface area contributed by atoms with Crippen LogP contribution in [0.25, 0.3) is 28.1 Å². The lowest BCUT2D eigenvalue weighted by molar-refractivity contribution is -0.138. The number of aliphatic carboxylic acids is 1. The number of alkyl halides is 3. The fourth-order valence-electron chi connectivity index (χ4n) is 4.04. The van der Waals surface area contributed by atoms with Gasteiger partial charge in [-0.05, 0) is 64.1 Å². The zero-order valence-electron chi connectivity index (χ0n) is 18.2. The van der Waals surface area contributed by atoms with E-state index in [1.165, 1.54) is 6.07 Å². The fourth-order valence-corrected chi connectivity index (χ4v) is 4.04. The molecule has 0 aliphatic carbocycles. The Bertz CT molecular complexity index is 1400. The van der Waals surface area contributed by atoms with Crippen molar-refractivity contribution in [3.63, 3.8) is 0 Å². The number of hydrogen-bond donors (Lipinski definition) is 2. The Morgan fingerprint density at radius 2 is 1.71 bits per heavy atom. The van der Waals surface area contributed by atoms with Crippen molar-refractivity contribution in [3.05, 3.63) is 107 Å². The van der Waals surface area contributed by atoms with Crippen LogP contribution in [0.4, 0.5) is 13.2 Å². The van der Waals surface area contributed by atoms with Crippen molar-refractivity contribution in [2.24, 2.45) is 0 Å². The summed E-state index contributed by atoms with van der Waals surface area (Å²) >= 11 is 0. The van der Waals surface area contributed by atoms with Gasteiger partial charge in [0.05, 0.1) is 17.3 Å². The number of aromatic nitrogens is 2. The zero-order valence-corrected chi connectivity index (χ0v) is 18.2. The number of allylic oxidation sites excluding steroid dienone is 1. The molecule has 172 valence electrons. The van der Waals surface area contributed by atoms with Crippen molar-refractivity contribution < 1.29 is 23.1 Å². The van der Waals surface area contributed by atoms with E-state index in [-0.39, 0.29) is 5.56 Å². The largest absolute Gasteiger partial charge is 0.478 e. The molecule has 0 fully saturated rings. The van der Waals surface area contributed by atoms with Gasteiger partial charge in [-0.3, -0.25) is 5.10 Å². The van der Waals surface area contributed by atoms with Crippen molar-refractivity contribution >= 4 is 34.1 Å². The molecule has 0 aliphatic rings. The number of halogens is 3. The van der Waals surface area contributed by atoms with E-state index in [0.717, 1.165) is 39.7 Å². The molecule has 2 N–H and O–H groups in total. The Morgan fingerprint density at radius 3 is 2.38 bits per heavy atom. The van der Waals surface area contributed by atoms with Gasteiger partial charge >= 0.3 is 12.1 Å². The Hall–Kier alpha value is -4.13. The molecule has 1 aromatic heterocycles. The molecule has 0 amide bonds. The highest BCUT2D eigenvalue weighted by Crippen LogP contribution is 2.39. The quantitative estimate of drug-likeness (QED) is 0.238. The number of benzene rings is 3. The number of carboxylic acid groups (broad SMARTS) is 1. The maximum absolute atomic E-state index is 14.0. The lowest BCUT2D eigenvalue weighted by Gasteiger charge is -2.19. The Kier molecular flexibility index (Phi) is 6.36. The first kappa shape index (κ1) is 23.0. The number of nitrogens with one attached hydrogen (secondary N) is 1. The van der Waals surface area contributed by atoms with Gasteiger partial charge in [-0.25, -0.2) is 4.79 Å². The summed E-state index contributed by atoms with van der Waals surface area (Å²) in [7, 11) is 0. The van der Waals surface area contributed by atoms with Gasteiger partial charge in [0.2, 0.25) is 0 Å². The van der Waals surface area contributed by atoms with E-state index in [2.05, 4.69) is 10.2 Å². The van der Waals surface area contributed by atoms with E-state index < -0.39 is 17.7 Å². The van der Waals surface area contributed by atoms with Crippen LogP contribution in [0.3, 0.4) is 0 Å². The third-order valence-electron chi connectivity index (χ3n) is 5.56. The van der Waals surface area contributed by atoms with Crippen LogP contribution in [0.15, 0.2) is 79.0 Å². The minimum Gasteiger partial charge on any atom is -0.478 e. The molecule has 0 unspecified atom stereocenters. The lowest BCUT2D eigenvalue weighted by Crippen LogP contribution is -2.09. The van der Waals surface area contributed by atoms with Crippen LogP contribution in [0.1, 0.15) is 41.2 Å². The first-order valence-electron chi connectivity index (χ1n) is 10.6. The number of aromatic amines is 1. The summed E-state index contributed by atoms with van der Waals surface area (Å²) in [5.41, 5.74) is 3.36. The van der Waals surface area contributed by atoms with Crippen molar-refractivity contribution in [1.29, 1.82) is 0 Å². The Morgan fingerprint density at radius 1 is 1.00 bits per heavy atom. The summed E-state index contributed by atoms with van der Waals surface area (Å²) < 4.78 is 41.9. The lowest BCUT2D eigenvalue weighted by atomic mass is 9.86. The van der Waals surface area contributed by atoms with Gasteiger partial charge in [-0.2, -0.15) is 18.3 Å². The van der Waals surface area contributed by atoms with Crippen LogP contribution < -0.4 is 0 Å². The van der Waals surface area contributed by atoms with Gasteiger partial charge in [0.25, 0.3) is 0 Å². The van der Waals surface area contributed by atoms with Crippen LogP contribution in [-0.2, 0) is 11.0 Å². The van der Waals surface area contributed by atoms with Crippen LogP contribution in [0, 0.1) is 0 Å². The molecule has 7 heteroatoms. The molecule has 0 saturated heterocycles. The Balaban J connectivity index is 2.01. The molecule has 1 heterocycles. The van der Waals surface area contributed by atoms with Crippen LogP contribution in [0.5, 0.6) is 0 Å². The number of carboxylic acids is 1. The van der Waals surface area contributed by atoms with Crippen molar-refractivity contribution in [2.45, 2.75) is 19.5 Å². The maximum atomic E-state index is 14.0. The highest BCUT2D eigenvalue weighted by molar-refractivity contribution is 6.00. The van der Waals surface area contributed by atoms with Crippen molar-refractivity contribution in [3.8, 4) is 0 Å². The molecule has 0 atom stereocenters. The molecule has 0 spiro atoms. The summed E-state index contributed by atoms with van der Waals surface area (Å²) in [6.45, 7) is 1.97. The first-order chi connectivity index (χ1) is 16.3. The van der Waals surface area contributed by atoms with Crippen molar-refractivity contribution in [1.82, 2.24) is 10.2 Å². The van der Waals surface area contributed by atoms with Gasteiger partial charge in [-0.1, -0.05) is 55.5 Å². The predicted molar refractivity (Wildman–Crippen MR) is 127 cm³/mol. The standard InChI is InChI=1S/C27H21F3N2O2/c1-2-22(17-6-4-3-5-7-17)26(19-10-12-24-21(14-19)16-31-32-24)20-9-8-18(11-13-25(33)34)23(15-20)27(28,29)30/h3-16H,2H2,1H3,(H,31,32)(H,33,34)/b13-11+,26-22-. The molecule has 0 radical (unpaired) electrons. The van der Waals surface area contributed by atoms with E-state index in [1.807, 2.05) is 55.5 Å². The number of rotatable bonds is 6. The average molecular weight is 462 g/mol. The highest BCUT2D eigenvalue weighted by atomic mass is 19.4.